The van der Waals surface area contributed by atoms with E-state index in [1.807, 2.05) is 0 Å². The predicted octanol–water partition coefficient (Wildman–Crippen LogP) is 1.49. The van der Waals surface area contributed by atoms with Crippen LogP contribution in [-0.2, 0) is 22.6 Å². The monoisotopic (exact) mass is 260 g/mol. The predicted molar refractivity (Wildman–Crippen MR) is 73.5 cm³/mol. The third-order valence-corrected chi connectivity index (χ3v) is 3.63. The van der Waals surface area contributed by atoms with Crippen LogP contribution in [0.1, 0.15) is 30.9 Å². The normalized spacial score (nSPS) is 19.9. The number of likely N-dealkylation sites (tertiary alicyclic amines) is 1. The molecule has 1 fully saturated rings. The summed E-state index contributed by atoms with van der Waals surface area (Å²) in [5.74, 6) is -0.211. The van der Waals surface area contributed by atoms with Crippen LogP contribution in [0.15, 0.2) is 24.3 Å². The minimum absolute atomic E-state index is 0.0876. The highest BCUT2D eigenvalue weighted by Crippen LogP contribution is 2.12. The van der Waals surface area contributed by atoms with Gasteiger partial charge in [0.1, 0.15) is 0 Å². The lowest BCUT2D eigenvalue weighted by Crippen LogP contribution is -2.51. The van der Waals surface area contributed by atoms with E-state index in [0.717, 1.165) is 12.0 Å². The number of carbonyl (C=O) groups is 2. The Bertz CT molecular complexity index is 468. The summed E-state index contributed by atoms with van der Waals surface area (Å²) in [7, 11) is 1.55. The first-order chi connectivity index (χ1) is 9.11. The molecule has 2 amide bonds. The molecule has 0 bridgehead atoms. The average molecular weight is 260 g/mol. The zero-order valence-electron chi connectivity index (χ0n) is 11.5. The fourth-order valence-corrected chi connectivity index (χ4v) is 2.24. The van der Waals surface area contributed by atoms with Gasteiger partial charge >= 0.3 is 0 Å². The molecule has 1 aromatic carbocycles. The van der Waals surface area contributed by atoms with Gasteiger partial charge in [0.25, 0.3) is 0 Å². The summed E-state index contributed by atoms with van der Waals surface area (Å²) in [6.07, 6.45) is 2.06. The van der Waals surface area contributed by atoms with Gasteiger partial charge in [0.05, 0.1) is 6.04 Å². The number of benzene rings is 1. The lowest BCUT2D eigenvalue weighted by molar-refractivity contribution is -0.148. The number of hydrogen-bond acceptors (Lipinski definition) is 3. The second-order valence-corrected chi connectivity index (χ2v) is 4.93. The number of hydrogen-bond donors (Lipinski definition) is 1. The number of carbonyl (C=O) groups excluding carboxylic acids is 2. The first-order valence-electron chi connectivity index (χ1n) is 6.73. The van der Waals surface area contributed by atoms with Crippen molar-refractivity contribution in [3.63, 3.8) is 0 Å². The molecule has 2 rings (SSSR count). The largest absolute Gasteiger partial charge is 0.302 e. The smallest absolute Gasteiger partial charge is 0.246 e. The molecule has 0 aromatic heterocycles. The van der Waals surface area contributed by atoms with E-state index in [-0.39, 0.29) is 17.9 Å². The standard InChI is InChI=1S/C15H20N2O2/c1-3-11-4-6-12(7-5-11)10-16-13-8-9-14(18)17(2)15(13)19/h4-7,13,16H,3,8-10H2,1-2H3. The van der Waals surface area contributed by atoms with Gasteiger partial charge in [-0.25, -0.2) is 0 Å². The van der Waals surface area contributed by atoms with E-state index in [0.29, 0.717) is 19.4 Å². The molecule has 1 aliphatic rings. The Labute approximate surface area is 113 Å². The van der Waals surface area contributed by atoms with Crippen LogP contribution in [0.25, 0.3) is 0 Å². The Hall–Kier alpha value is -1.68. The van der Waals surface area contributed by atoms with Crippen molar-refractivity contribution in [3.8, 4) is 0 Å². The van der Waals surface area contributed by atoms with Crippen LogP contribution in [0.4, 0.5) is 0 Å². The van der Waals surface area contributed by atoms with Crippen molar-refractivity contribution in [2.24, 2.45) is 0 Å². The first kappa shape index (κ1) is 13.7. The molecule has 1 N–H and O–H groups in total. The molecule has 1 heterocycles. The highest BCUT2D eigenvalue weighted by atomic mass is 16.2. The molecule has 19 heavy (non-hydrogen) atoms. The minimum atomic E-state index is -0.242. The summed E-state index contributed by atoms with van der Waals surface area (Å²) in [5.41, 5.74) is 2.47. The van der Waals surface area contributed by atoms with Gasteiger partial charge in [0.2, 0.25) is 11.8 Å². The molecule has 0 radical (unpaired) electrons. The van der Waals surface area contributed by atoms with E-state index in [2.05, 4.69) is 36.5 Å². The van der Waals surface area contributed by atoms with E-state index in [9.17, 15) is 9.59 Å². The number of nitrogens with one attached hydrogen (secondary N) is 1. The molecule has 1 aliphatic heterocycles. The highest BCUT2D eigenvalue weighted by molar-refractivity contribution is 6.00. The van der Waals surface area contributed by atoms with Crippen molar-refractivity contribution in [2.75, 3.05) is 7.05 Å². The lowest BCUT2D eigenvalue weighted by Gasteiger charge is -2.28. The molecule has 1 aromatic rings. The maximum Gasteiger partial charge on any atom is 0.246 e. The summed E-state index contributed by atoms with van der Waals surface area (Å²) in [6.45, 7) is 2.78. The van der Waals surface area contributed by atoms with Crippen molar-refractivity contribution in [3.05, 3.63) is 35.4 Å². The van der Waals surface area contributed by atoms with E-state index in [4.69, 9.17) is 0 Å². The fraction of sp³-hybridized carbons (Fsp3) is 0.467. The molecule has 0 saturated carbocycles. The third-order valence-electron chi connectivity index (χ3n) is 3.63. The van der Waals surface area contributed by atoms with Crippen molar-refractivity contribution in [1.82, 2.24) is 10.2 Å². The molecule has 4 nitrogen and oxygen atoms in total. The number of rotatable bonds is 4. The number of piperidine rings is 1. The quantitative estimate of drug-likeness (QED) is 0.834. The number of aryl methyl sites for hydroxylation is 1. The summed E-state index contributed by atoms with van der Waals surface area (Å²) < 4.78 is 0. The maximum absolute atomic E-state index is 11.9. The zero-order valence-corrected chi connectivity index (χ0v) is 11.5. The maximum atomic E-state index is 11.9. The Morgan fingerprint density at radius 2 is 1.84 bits per heavy atom. The van der Waals surface area contributed by atoms with Crippen LogP contribution in [0.2, 0.25) is 0 Å². The molecule has 1 unspecified atom stereocenters. The number of nitrogens with zero attached hydrogens (tertiary/aromatic N) is 1. The van der Waals surface area contributed by atoms with Gasteiger partial charge in [-0.15, -0.1) is 0 Å². The van der Waals surface area contributed by atoms with Gasteiger partial charge in [-0.05, 0) is 24.0 Å². The first-order valence-corrected chi connectivity index (χ1v) is 6.73. The van der Waals surface area contributed by atoms with Gasteiger partial charge in [-0.3, -0.25) is 14.5 Å². The summed E-state index contributed by atoms with van der Waals surface area (Å²) in [6, 6.07) is 8.13. The minimum Gasteiger partial charge on any atom is -0.302 e. The molecule has 1 saturated heterocycles. The van der Waals surface area contributed by atoms with Crippen LogP contribution >= 0.6 is 0 Å². The summed E-state index contributed by atoms with van der Waals surface area (Å²) in [4.78, 5) is 24.5. The second-order valence-electron chi connectivity index (χ2n) is 4.93. The molecule has 1 atom stereocenters. The summed E-state index contributed by atoms with van der Waals surface area (Å²) >= 11 is 0. The molecular formula is C15H20N2O2. The van der Waals surface area contributed by atoms with E-state index in [1.165, 1.54) is 10.5 Å². The molecule has 0 aliphatic carbocycles. The van der Waals surface area contributed by atoms with Gasteiger partial charge in [0.15, 0.2) is 0 Å². The van der Waals surface area contributed by atoms with E-state index < -0.39 is 0 Å². The van der Waals surface area contributed by atoms with Crippen LogP contribution < -0.4 is 5.32 Å². The van der Waals surface area contributed by atoms with Crippen molar-refractivity contribution in [2.45, 2.75) is 38.8 Å². The molecule has 4 heteroatoms. The molecule has 102 valence electrons. The SMILES string of the molecule is CCc1ccc(CNC2CCC(=O)N(C)C2=O)cc1. The van der Waals surface area contributed by atoms with Crippen LogP contribution in [-0.4, -0.2) is 29.8 Å². The third kappa shape index (κ3) is 3.20. The lowest BCUT2D eigenvalue weighted by atomic mass is 10.0. The van der Waals surface area contributed by atoms with Gasteiger partial charge in [-0.2, -0.15) is 0 Å². The Balaban J connectivity index is 1.91. The number of likely N-dealkylation sites (N-methyl/N-ethyl adjacent to an activating group) is 1. The van der Waals surface area contributed by atoms with E-state index >= 15 is 0 Å². The van der Waals surface area contributed by atoms with Crippen molar-refractivity contribution in [1.29, 1.82) is 0 Å². The summed E-state index contributed by atoms with van der Waals surface area (Å²) in [5, 5.41) is 3.23. The fourth-order valence-electron chi connectivity index (χ4n) is 2.24. The Kier molecular flexibility index (Phi) is 4.32. The van der Waals surface area contributed by atoms with Crippen LogP contribution in [0.3, 0.4) is 0 Å². The second kappa shape index (κ2) is 5.97. The Morgan fingerprint density at radius 3 is 2.47 bits per heavy atom. The van der Waals surface area contributed by atoms with Crippen molar-refractivity contribution >= 4 is 11.8 Å². The molecular weight excluding hydrogens is 240 g/mol. The topological polar surface area (TPSA) is 49.4 Å². The molecule has 0 spiro atoms. The van der Waals surface area contributed by atoms with Crippen LogP contribution in [0.5, 0.6) is 0 Å². The highest BCUT2D eigenvalue weighted by Gasteiger charge is 2.31. The van der Waals surface area contributed by atoms with E-state index in [1.54, 1.807) is 7.05 Å². The van der Waals surface area contributed by atoms with Crippen LogP contribution in [0, 0.1) is 0 Å². The Morgan fingerprint density at radius 1 is 1.21 bits per heavy atom. The zero-order chi connectivity index (χ0) is 13.8. The van der Waals surface area contributed by atoms with Gasteiger partial charge in [0, 0.05) is 20.0 Å². The average Bonchev–Trinajstić information content (AvgIpc) is 2.45. The van der Waals surface area contributed by atoms with Gasteiger partial charge < -0.3 is 5.32 Å². The number of amides is 2. The van der Waals surface area contributed by atoms with Crippen molar-refractivity contribution < 1.29 is 9.59 Å². The number of imide groups is 1. The van der Waals surface area contributed by atoms with Gasteiger partial charge in [-0.1, -0.05) is 31.2 Å².